The summed E-state index contributed by atoms with van der Waals surface area (Å²) in [6.45, 7) is 4.08. The Kier molecular flexibility index (Phi) is 5.87. The van der Waals surface area contributed by atoms with Gasteiger partial charge in [-0.05, 0) is 12.0 Å². The maximum Gasteiger partial charge on any atom is 0.323 e. The summed E-state index contributed by atoms with van der Waals surface area (Å²) in [6.07, 6.45) is 2.16. The zero-order chi connectivity index (χ0) is 16.8. The van der Waals surface area contributed by atoms with Gasteiger partial charge >= 0.3 is 5.97 Å². The first kappa shape index (κ1) is 17.1. The topological polar surface area (TPSA) is 70.5 Å². The van der Waals surface area contributed by atoms with Crippen molar-refractivity contribution in [3.05, 3.63) is 52.0 Å². The van der Waals surface area contributed by atoms with Gasteiger partial charge in [0.25, 0.3) is 5.91 Å². The van der Waals surface area contributed by atoms with Crippen molar-refractivity contribution < 1.29 is 14.7 Å². The van der Waals surface area contributed by atoms with Crippen LogP contribution in [0.25, 0.3) is 0 Å². The first-order valence-corrected chi connectivity index (χ1v) is 8.29. The molecule has 23 heavy (non-hydrogen) atoms. The molecule has 1 aromatic heterocycles. The van der Waals surface area contributed by atoms with Gasteiger partial charge in [0.1, 0.15) is 11.4 Å². The molecule has 0 spiro atoms. The Morgan fingerprint density at radius 1 is 1.26 bits per heavy atom. The average molecular weight is 332 g/mol. The molecule has 5 nitrogen and oxygen atoms in total. The second-order valence-electron chi connectivity index (χ2n) is 5.57. The molecule has 0 saturated heterocycles. The third kappa shape index (κ3) is 4.89. The molecule has 1 amide bonds. The van der Waals surface area contributed by atoms with Gasteiger partial charge < -0.3 is 10.0 Å². The van der Waals surface area contributed by atoms with Crippen molar-refractivity contribution >= 4 is 23.2 Å². The SMILES string of the molecule is CC(C)c1ncc(C(=O)N(CCc2ccccc2)CC(=O)O)s1. The van der Waals surface area contributed by atoms with Gasteiger partial charge in [-0.15, -0.1) is 11.3 Å². The number of thiazole rings is 1. The van der Waals surface area contributed by atoms with Crippen LogP contribution in [0, 0.1) is 0 Å². The minimum absolute atomic E-state index is 0.249. The van der Waals surface area contributed by atoms with Gasteiger partial charge in [-0.1, -0.05) is 44.2 Å². The van der Waals surface area contributed by atoms with Gasteiger partial charge in [-0.2, -0.15) is 0 Å². The van der Waals surface area contributed by atoms with E-state index in [0.29, 0.717) is 17.8 Å². The van der Waals surface area contributed by atoms with Crippen LogP contribution in [0.15, 0.2) is 36.5 Å². The molecule has 0 fully saturated rings. The Morgan fingerprint density at radius 2 is 1.96 bits per heavy atom. The molecule has 1 aromatic carbocycles. The molecule has 0 aliphatic carbocycles. The van der Waals surface area contributed by atoms with Crippen LogP contribution in [-0.4, -0.2) is 40.0 Å². The van der Waals surface area contributed by atoms with Gasteiger partial charge in [0.15, 0.2) is 0 Å². The lowest BCUT2D eigenvalue weighted by Crippen LogP contribution is -2.36. The highest BCUT2D eigenvalue weighted by Gasteiger charge is 2.21. The number of nitrogens with zero attached hydrogens (tertiary/aromatic N) is 2. The van der Waals surface area contributed by atoms with Gasteiger partial charge in [-0.3, -0.25) is 9.59 Å². The zero-order valence-corrected chi connectivity index (χ0v) is 14.0. The lowest BCUT2D eigenvalue weighted by atomic mass is 10.1. The predicted octanol–water partition coefficient (Wildman–Crippen LogP) is 3.04. The summed E-state index contributed by atoms with van der Waals surface area (Å²) in [7, 11) is 0. The molecular weight excluding hydrogens is 312 g/mol. The molecule has 0 radical (unpaired) electrons. The molecule has 6 heteroatoms. The lowest BCUT2D eigenvalue weighted by Gasteiger charge is -2.19. The van der Waals surface area contributed by atoms with Crippen molar-refractivity contribution in [1.29, 1.82) is 0 Å². The van der Waals surface area contributed by atoms with Crippen molar-refractivity contribution in [2.24, 2.45) is 0 Å². The molecule has 0 aliphatic heterocycles. The number of carboxylic acids is 1. The molecule has 0 unspecified atom stereocenters. The maximum atomic E-state index is 12.6. The Labute approximate surface area is 139 Å². The van der Waals surface area contributed by atoms with E-state index in [-0.39, 0.29) is 18.4 Å². The second-order valence-corrected chi connectivity index (χ2v) is 6.64. The monoisotopic (exact) mass is 332 g/mol. The van der Waals surface area contributed by atoms with E-state index >= 15 is 0 Å². The minimum Gasteiger partial charge on any atom is -0.480 e. The number of carboxylic acid groups (broad SMARTS) is 1. The fourth-order valence-electron chi connectivity index (χ4n) is 2.13. The summed E-state index contributed by atoms with van der Waals surface area (Å²) in [4.78, 5) is 29.7. The number of amides is 1. The van der Waals surface area contributed by atoms with Crippen molar-refractivity contribution in [2.75, 3.05) is 13.1 Å². The lowest BCUT2D eigenvalue weighted by molar-refractivity contribution is -0.137. The highest BCUT2D eigenvalue weighted by atomic mass is 32.1. The fourth-order valence-corrected chi connectivity index (χ4v) is 3.02. The van der Waals surface area contributed by atoms with Crippen molar-refractivity contribution in [1.82, 2.24) is 9.88 Å². The van der Waals surface area contributed by atoms with Crippen LogP contribution in [0.5, 0.6) is 0 Å². The van der Waals surface area contributed by atoms with Crippen molar-refractivity contribution in [3.63, 3.8) is 0 Å². The number of carbonyl (C=O) groups is 2. The molecular formula is C17H20N2O3S. The Balaban J connectivity index is 2.09. The van der Waals surface area contributed by atoms with Gasteiger partial charge in [0, 0.05) is 12.5 Å². The van der Waals surface area contributed by atoms with Crippen LogP contribution < -0.4 is 0 Å². The van der Waals surface area contributed by atoms with Gasteiger partial charge in [-0.25, -0.2) is 4.98 Å². The van der Waals surface area contributed by atoms with Crippen molar-refractivity contribution in [2.45, 2.75) is 26.2 Å². The van der Waals surface area contributed by atoms with E-state index in [4.69, 9.17) is 5.11 Å². The molecule has 0 aliphatic rings. The number of rotatable bonds is 7. The Hall–Kier alpha value is -2.21. The largest absolute Gasteiger partial charge is 0.480 e. The molecule has 1 heterocycles. The van der Waals surface area contributed by atoms with E-state index in [0.717, 1.165) is 10.6 Å². The fraction of sp³-hybridized carbons (Fsp3) is 0.353. The van der Waals surface area contributed by atoms with Crippen LogP contribution in [-0.2, 0) is 11.2 Å². The molecule has 2 aromatic rings. The standard InChI is InChI=1S/C17H20N2O3S/c1-12(2)16-18-10-14(23-16)17(22)19(11-15(20)21)9-8-13-6-4-3-5-7-13/h3-7,10,12H,8-9,11H2,1-2H3,(H,20,21). The predicted molar refractivity (Wildman–Crippen MR) is 89.9 cm³/mol. The first-order chi connectivity index (χ1) is 11.0. The number of hydrogen-bond donors (Lipinski definition) is 1. The quantitative estimate of drug-likeness (QED) is 0.846. The Bertz CT molecular complexity index is 667. The highest BCUT2D eigenvalue weighted by molar-refractivity contribution is 7.13. The molecule has 0 atom stereocenters. The average Bonchev–Trinajstić information content (AvgIpc) is 3.01. The maximum absolute atomic E-state index is 12.6. The number of aliphatic carboxylic acids is 1. The van der Waals surface area contributed by atoms with Crippen LogP contribution in [0.4, 0.5) is 0 Å². The summed E-state index contributed by atoms with van der Waals surface area (Å²) in [5, 5.41) is 9.95. The van der Waals surface area contributed by atoms with Crippen LogP contribution in [0.2, 0.25) is 0 Å². The van der Waals surface area contributed by atoms with Gasteiger partial charge in [0.2, 0.25) is 0 Å². The van der Waals surface area contributed by atoms with Crippen LogP contribution in [0.3, 0.4) is 0 Å². The third-order valence-corrected chi connectivity index (χ3v) is 4.64. The molecule has 2 rings (SSSR count). The van der Waals surface area contributed by atoms with Gasteiger partial charge in [0.05, 0.1) is 11.2 Å². The van der Waals surface area contributed by atoms with E-state index in [1.165, 1.54) is 16.2 Å². The molecule has 1 N–H and O–H groups in total. The van der Waals surface area contributed by atoms with E-state index in [1.54, 1.807) is 6.20 Å². The normalized spacial score (nSPS) is 10.7. The molecule has 0 bridgehead atoms. The van der Waals surface area contributed by atoms with E-state index in [1.807, 2.05) is 44.2 Å². The molecule has 0 saturated carbocycles. The number of aromatic nitrogens is 1. The summed E-state index contributed by atoms with van der Waals surface area (Å²) in [5.74, 6) is -1.04. The summed E-state index contributed by atoms with van der Waals surface area (Å²) in [6, 6.07) is 9.71. The zero-order valence-electron chi connectivity index (χ0n) is 13.2. The highest BCUT2D eigenvalue weighted by Crippen LogP contribution is 2.22. The first-order valence-electron chi connectivity index (χ1n) is 7.48. The Morgan fingerprint density at radius 3 is 2.52 bits per heavy atom. The van der Waals surface area contributed by atoms with Crippen molar-refractivity contribution in [3.8, 4) is 0 Å². The number of hydrogen-bond acceptors (Lipinski definition) is 4. The molecule has 122 valence electrons. The van der Waals surface area contributed by atoms with E-state index in [9.17, 15) is 9.59 Å². The van der Waals surface area contributed by atoms with Crippen LogP contribution in [0.1, 0.15) is 40.0 Å². The summed E-state index contributed by atoms with van der Waals surface area (Å²) >= 11 is 1.33. The number of benzene rings is 1. The smallest absolute Gasteiger partial charge is 0.323 e. The number of carbonyl (C=O) groups excluding carboxylic acids is 1. The van der Waals surface area contributed by atoms with Crippen LogP contribution >= 0.6 is 11.3 Å². The third-order valence-electron chi connectivity index (χ3n) is 3.35. The van der Waals surface area contributed by atoms with E-state index in [2.05, 4.69) is 4.98 Å². The summed E-state index contributed by atoms with van der Waals surface area (Å²) < 4.78 is 0. The second kappa shape index (κ2) is 7.87. The minimum atomic E-state index is -1.01. The summed E-state index contributed by atoms with van der Waals surface area (Å²) in [5.41, 5.74) is 1.07. The van der Waals surface area contributed by atoms with E-state index < -0.39 is 5.97 Å².